The first-order chi connectivity index (χ1) is 16.5. The van der Waals surface area contributed by atoms with Crippen molar-refractivity contribution in [1.29, 1.82) is 0 Å². The first-order valence-corrected chi connectivity index (χ1v) is 12.6. The second kappa shape index (κ2) is 9.36. The molecule has 0 bridgehead atoms. The van der Waals surface area contributed by atoms with Crippen LogP contribution in [0.2, 0.25) is 0 Å². The monoisotopic (exact) mass is 486 g/mol. The van der Waals surface area contributed by atoms with E-state index in [4.69, 9.17) is 0 Å². The SMILES string of the molecule is Cc1ccccc1-n1c(SCC(=O)c2cc(C)n(-c3nccs3)c2C)nnc1-c1cccnc1. The third-order valence-electron chi connectivity index (χ3n) is 5.58. The number of Topliss-reactive ketones (excluding diaryl/α,β-unsaturated/α-hetero) is 1. The number of hydrogen-bond donors (Lipinski definition) is 0. The number of pyridine rings is 1. The highest BCUT2D eigenvalue weighted by Gasteiger charge is 2.21. The Bertz CT molecular complexity index is 1450. The van der Waals surface area contributed by atoms with E-state index in [-0.39, 0.29) is 11.5 Å². The molecular formula is C25H22N6OS2. The largest absolute Gasteiger partial charge is 0.294 e. The van der Waals surface area contributed by atoms with Gasteiger partial charge >= 0.3 is 0 Å². The summed E-state index contributed by atoms with van der Waals surface area (Å²) in [7, 11) is 0. The molecule has 0 fully saturated rings. The molecule has 4 aromatic heterocycles. The fourth-order valence-electron chi connectivity index (χ4n) is 3.95. The molecule has 4 heterocycles. The number of carbonyl (C=O) groups is 1. The number of nitrogens with zero attached hydrogens (tertiary/aromatic N) is 6. The van der Waals surface area contributed by atoms with Crippen LogP contribution in [0.4, 0.5) is 0 Å². The number of benzene rings is 1. The average Bonchev–Trinajstić information content (AvgIpc) is 3.58. The highest BCUT2D eigenvalue weighted by molar-refractivity contribution is 7.99. The Morgan fingerprint density at radius 2 is 1.88 bits per heavy atom. The van der Waals surface area contributed by atoms with E-state index in [9.17, 15) is 4.79 Å². The lowest BCUT2D eigenvalue weighted by Gasteiger charge is -2.12. The zero-order valence-corrected chi connectivity index (χ0v) is 20.6. The molecule has 170 valence electrons. The molecule has 0 radical (unpaired) electrons. The van der Waals surface area contributed by atoms with E-state index in [1.165, 1.54) is 11.8 Å². The van der Waals surface area contributed by atoms with E-state index in [2.05, 4.69) is 33.2 Å². The summed E-state index contributed by atoms with van der Waals surface area (Å²) >= 11 is 2.94. The van der Waals surface area contributed by atoms with Gasteiger partial charge in [0, 0.05) is 46.5 Å². The second-order valence-electron chi connectivity index (χ2n) is 7.82. The normalized spacial score (nSPS) is 11.1. The van der Waals surface area contributed by atoms with Crippen LogP contribution in [0, 0.1) is 20.8 Å². The van der Waals surface area contributed by atoms with Crippen molar-refractivity contribution in [2.24, 2.45) is 0 Å². The number of para-hydroxylation sites is 1. The summed E-state index contributed by atoms with van der Waals surface area (Å²) < 4.78 is 4.03. The van der Waals surface area contributed by atoms with Gasteiger partial charge < -0.3 is 0 Å². The van der Waals surface area contributed by atoms with Gasteiger partial charge in [-0.1, -0.05) is 30.0 Å². The summed E-state index contributed by atoms with van der Waals surface area (Å²) in [5.74, 6) is 0.988. The van der Waals surface area contributed by atoms with E-state index >= 15 is 0 Å². The zero-order valence-electron chi connectivity index (χ0n) is 19.0. The minimum absolute atomic E-state index is 0.0446. The van der Waals surface area contributed by atoms with Crippen LogP contribution in [0.5, 0.6) is 0 Å². The summed E-state index contributed by atoms with van der Waals surface area (Å²) in [6.07, 6.45) is 5.27. The van der Waals surface area contributed by atoms with Crippen LogP contribution in [-0.2, 0) is 0 Å². The number of aryl methyl sites for hydroxylation is 2. The zero-order chi connectivity index (χ0) is 23.7. The van der Waals surface area contributed by atoms with Gasteiger partial charge in [0.1, 0.15) is 0 Å². The summed E-state index contributed by atoms with van der Waals surface area (Å²) in [4.78, 5) is 21.9. The Morgan fingerprint density at radius 3 is 2.62 bits per heavy atom. The molecule has 0 spiro atoms. The first-order valence-electron chi connectivity index (χ1n) is 10.7. The Kier molecular flexibility index (Phi) is 6.12. The molecular weight excluding hydrogens is 464 g/mol. The molecule has 0 aliphatic carbocycles. The van der Waals surface area contributed by atoms with Crippen LogP contribution in [0.15, 0.2) is 71.6 Å². The van der Waals surface area contributed by atoms with Crippen LogP contribution in [0.25, 0.3) is 22.2 Å². The van der Waals surface area contributed by atoms with Gasteiger partial charge in [0.05, 0.1) is 11.4 Å². The summed E-state index contributed by atoms with van der Waals surface area (Å²) in [5, 5.41) is 12.4. The van der Waals surface area contributed by atoms with Crippen molar-refractivity contribution in [2.45, 2.75) is 25.9 Å². The molecule has 0 atom stereocenters. The smallest absolute Gasteiger partial charge is 0.196 e. The third-order valence-corrected chi connectivity index (χ3v) is 7.27. The number of thioether (sulfide) groups is 1. The molecule has 5 aromatic rings. The maximum absolute atomic E-state index is 13.2. The number of rotatable bonds is 7. The minimum atomic E-state index is 0.0446. The van der Waals surface area contributed by atoms with Crippen molar-refractivity contribution in [3.63, 3.8) is 0 Å². The van der Waals surface area contributed by atoms with Crippen molar-refractivity contribution in [3.8, 4) is 22.2 Å². The van der Waals surface area contributed by atoms with E-state index in [0.717, 1.165) is 33.3 Å². The van der Waals surface area contributed by atoms with Crippen molar-refractivity contribution in [2.75, 3.05) is 5.75 Å². The van der Waals surface area contributed by atoms with Crippen molar-refractivity contribution in [3.05, 3.63) is 88.9 Å². The molecule has 0 aliphatic rings. The topological polar surface area (TPSA) is 78.5 Å². The number of aromatic nitrogens is 6. The number of hydrogen-bond acceptors (Lipinski definition) is 7. The van der Waals surface area contributed by atoms with Gasteiger partial charge in [-0.05, 0) is 50.6 Å². The van der Waals surface area contributed by atoms with Crippen molar-refractivity contribution in [1.82, 2.24) is 29.3 Å². The highest BCUT2D eigenvalue weighted by atomic mass is 32.2. The molecule has 5 rings (SSSR count). The third kappa shape index (κ3) is 4.08. The molecule has 0 unspecified atom stereocenters. The Labute approximate surface area is 205 Å². The van der Waals surface area contributed by atoms with E-state index in [0.29, 0.717) is 16.5 Å². The quantitative estimate of drug-likeness (QED) is 0.224. The predicted molar refractivity (Wildman–Crippen MR) is 135 cm³/mol. The van der Waals surface area contributed by atoms with E-state index in [1.54, 1.807) is 29.9 Å². The maximum Gasteiger partial charge on any atom is 0.196 e. The van der Waals surface area contributed by atoms with Gasteiger partial charge in [0.15, 0.2) is 21.9 Å². The predicted octanol–water partition coefficient (Wildman–Crippen LogP) is 5.48. The Hall–Kier alpha value is -3.56. The second-order valence-corrected chi connectivity index (χ2v) is 9.63. The fourth-order valence-corrected chi connectivity index (χ4v) is 5.53. The van der Waals surface area contributed by atoms with Gasteiger partial charge in [-0.2, -0.15) is 0 Å². The molecule has 9 heteroatoms. The van der Waals surface area contributed by atoms with Gasteiger partial charge in [-0.3, -0.25) is 18.9 Å². The van der Waals surface area contributed by atoms with E-state index in [1.807, 2.05) is 64.8 Å². The highest BCUT2D eigenvalue weighted by Crippen LogP contribution is 2.30. The molecule has 1 aromatic carbocycles. The Morgan fingerprint density at radius 1 is 1.03 bits per heavy atom. The molecule has 0 saturated heterocycles. The lowest BCUT2D eigenvalue weighted by molar-refractivity contribution is 0.102. The van der Waals surface area contributed by atoms with Crippen LogP contribution < -0.4 is 0 Å². The minimum Gasteiger partial charge on any atom is -0.294 e. The van der Waals surface area contributed by atoms with Crippen LogP contribution in [0.3, 0.4) is 0 Å². The lowest BCUT2D eigenvalue weighted by Crippen LogP contribution is -2.07. The van der Waals surface area contributed by atoms with Crippen molar-refractivity contribution >= 4 is 28.9 Å². The number of carbonyl (C=O) groups excluding carboxylic acids is 1. The Balaban J connectivity index is 1.47. The van der Waals surface area contributed by atoms with Gasteiger partial charge in [0.25, 0.3) is 0 Å². The van der Waals surface area contributed by atoms with Gasteiger partial charge in [-0.15, -0.1) is 21.5 Å². The standard InChI is InChI=1S/C25H22N6OS2/c1-16-7-4-5-9-21(16)31-23(19-8-6-10-26-14-19)28-29-25(31)34-15-22(32)20-13-17(2)30(18(20)3)24-27-11-12-33-24/h4-14H,15H2,1-3H3. The van der Waals surface area contributed by atoms with Gasteiger partial charge in [-0.25, -0.2) is 4.98 Å². The number of ketones is 1. The lowest BCUT2D eigenvalue weighted by atomic mass is 10.2. The molecule has 7 nitrogen and oxygen atoms in total. The molecule has 0 saturated carbocycles. The van der Waals surface area contributed by atoms with Crippen LogP contribution in [-0.4, -0.2) is 40.8 Å². The van der Waals surface area contributed by atoms with E-state index < -0.39 is 0 Å². The summed E-state index contributed by atoms with van der Waals surface area (Å²) in [6, 6.07) is 13.8. The first kappa shape index (κ1) is 22.2. The average molecular weight is 487 g/mol. The maximum atomic E-state index is 13.2. The molecule has 34 heavy (non-hydrogen) atoms. The summed E-state index contributed by atoms with van der Waals surface area (Å²) in [6.45, 7) is 6.01. The number of thiazole rings is 1. The fraction of sp³-hybridized carbons (Fsp3) is 0.160. The molecule has 0 amide bonds. The molecule has 0 N–H and O–H groups in total. The van der Waals surface area contributed by atoms with Gasteiger partial charge in [0.2, 0.25) is 0 Å². The van der Waals surface area contributed by atoms with Crippen molar-refractivity contribution < 1.29 is 4.79 Å². The molecule has 0 aliphatic heterocycles. The van der Waals surface area contributed by atoms with Crippen LogP contribution in [0.1, 0.15) is 27.3 Å². The summed E-state index contributed by atoms with van der Waals surface area (Å²) in [5.41, 5.74) is 5.52. The van der Waals surface area contributed by atoms with Crippen LogP contribution >= 0.6 is 23.1 Å².